The lowest BCUT2D eigenvalue weighted by atomic mass is 9.75. The van der Waals surface area contributed by atoms with E-state index in [1.54, 1.807) is 12.1 Å². The van der Waals surface area contributed by atoms with Crippen LogP contribution >= 0.6 is 11.6 Å². The summed E-state index contributed by atoms with van der Waals surface area (Å²) in [7, 11) is 3.97. The average Bonchev–Trinajstić information content (AvgIpc) is 2.77. The highest BCUT2D eigenvalue weighted by Crippen LogP contribution is 2.46. The van der Waals surface area contributed by atoms with Crippen LogP contribution in [0.3, 0.4) is 0 Å². The van der Waals surface area contributed by atoms with Crippen molar-refractivity contribution < 1.29 is 9.50 Å². The molecule has 1 aliphatic carbocycles. The van der Waals surface area contributed by atoms with Gasteiger partial charge in [-0.05, 0) is 61.7 Å². The van der Waals surface area contributed by atoms with E-state index in [9.17, 15) is 9.50 Å². The molecule has 0 saturated heterocycles. The van der Waals surface area contributed by atoms with E-state index in [1.165, 1.54) is 6.07 Å². The van der Waals surface area contributed by atoms with Gasteiger partial charge in [-0.2, -0.15) is 0 Å². The third-order valence-electron chi connectivity index (χ3n) is 5.67. The Balaban J connectivity index is 2.24. The zero-order chi connectivity index (χ0) is 19.6. The number of halogens is 2. The Kier molecular flexibility index (Phi) is 6.05. The van der Waals surface area contributed by atoms with E-state index in [4.69, 9.17) is 11.6 Å². The van der Waals surface area contributed by atoms with E-state index in [0.29, 0.717) is 5.56 Å². The summed E-state index contributed by atoms with van der Waals surface area (Å²) in [6.07, 6.45) is 4.96. The van der Waals surface area contributed by atoms with Crippen LogP contribution in [0.25, 0.3) is 6.08 Å². The second kappa shape index (κ2) is 8.14. The van der Waals surface area contributed by atoms with Crippen LogP contribution in [0, 0.1) is 11.7 Å². The number of likely N-dealkylation sites (N-methyl/N-ethyl adjacent to an activating group) is 1. The van der Waals surface area contributed by atoms with Crippen molar-refractivity contribution in [2.75, 3.05) is 14.1 Å². The van der Waals surface area contributed by atoms with E-state index < -0.39 is 11.4 Å². The van der Waals surface area contributed by atoms with E-state index in [1.807, 2.05) is 44.4 Å². The Labute approximate surface area is 166 Å². The van der Waals surface area contributed by atoms with Crippen molar-refractivity contribution in [1.29, 1.82) is 0 Å². The summed E-state index contributed by atoms with van der Waals surface area (Å²) in [6, 6.07) is 14.5. The maximum atomic E-state index is 13.8. The summed E-state index contributed by atoms with van der Waals surface area (Å²) < 4.78 is 13.8. The molecular weight excluding hydrogens is 361 g/mol. The number of hydrogen-bond acceptors (Lipinski definition) is 2. The van der Waals surface area contributed by atoms with E-state index in [-0.39, 0.29) is 17.0 Å². The van der Waals surface area contributed by atoms with Crippen LogP contribution < -0.4 is 0 Å². The maximum absolute atomic E-state index is 13.8. The molecule has 2 aromatic carbocycles. The fourth-order valence-corrected chi connectivity index (χ4v) is 4.44. The number of hydrogen-bond donors (Lipinski definition) is 1. The minimum atomic E-state index is -1.24. The molecule has 3 unspecified atom stereocenters. The molecule has 0 heterocycles. The number of aliphatic hydroxyl groups is 1. The van der Waals surface area contributed by atoms with Crippen molar-refractivity contribution in [3.8, 4) is 0 Å². The van der Waals surface area contributed by atoms with E-state index in [0.717, 1.165) is 30.4 Å². The molecule has 27 heavy (non-hydrogen) atoms. The number of rotatable bonds is 3. The summed E-state index contributed by atoms with van der Waals surface area (Å²) in [4.78, 5) is 2.06. The van der Waals surface area contributed by atoms with Crippen molar-refractivity contribution in [3.05, 3.63) is 76.1 Å². The average molecular weight is 388 g/mol. The molecule has 0 aliphatic heterocycles. The van der Waals surface area contributed by atoms with Gasteiger partial charge in [0.2, 0.25) is 0 Å². The van der Waals surface area contributed by atoms with Gasteiger partial charge in [0.1, 0.15) is 11.4 Å². The molecule has 1 fully saturated rings. The van der Waals surface area contributed by atoms with E-state index >= 15 is 0 Å². The zero-order valence-corrected chi connectivity index (χ0v) is 16.9. The zero-order valence-electron chi connectivity index (χ0n) is 16.1. The molecule has 0 spiro atoms. The van der Waals surface area contributed by atoms with Crippen molar-refractivity contribution in [2.45, 2.75) is 37.8 Å². The van der Waals surface area contributed by atoms with Gasteiger partial charge in [0, 0.05) is 6.04 Å². The Morgan fingerprint density at radius 1 is 1.15 bits per heavy atom. The monoisotopic (exact) mass is 387 g/mol. The minimum Gasteiger partial charge on any atom is -0.379 e. The predicted molar refractivity (Wildman–Crippen MR) is 110 cm³/mol. The van der Waals surface area contributed by atoms with Crippen LogP contribution in [-0.4, -0.2) is 30.1 Å². The molecule has 1 aliphatic rings. The highest BCUT2D eigenvalue weighted by atomic mass is 35.5. The minimum absolute atomic E-state index is 0.0365. The van der Waals surface area contributed by atoms with Gasteiger partial charge < -0.3 is 10.0 Å². The summed E-state index contributed by atoms with van der Waals surface area (Å²) in [5, 5.41) is 12.2. The Hall–Kier alpha value is -1.68. The summed E-state index contributed by atoms with van der Waals surface area (Å²) in [5.74, 6) is -0.273. The van der Waals surface area contributed by atoms with Gasteiger partial charge in [-0.3, -0.25) is 0 Å². The Bertz CT molecular complexity index is 820. The molecule has 3 atom stereocenters. The molecule has 144 valence electrons. The lowest BCUT2D eigenvalue weighted by Gasteiger charge is -2.42. The van der Waals surface area contributed by atoms with Gasteiger partial charge in [-0.25, -0.2) is 4.39 Å². The van der Waals surface area contributed by atoms with Crippen molar-refractivity contribution in [1.82, 2.24) is 4.90 Å². The van der Waals surface area contributed by atoms with Gasteiger partial charge in [-0.1, -0.05) is 67.4 Å². The SMILES string of the molecule is CC1CCCC(N(C)C)C(O)(c2ccc(F)c(Cl)c2)C1=Cc1ccccc1. The van der Waals surface area contributed by atoms with Crippen LogP contribution in [0.5, 0.6) is 0 Å². The lowest BCUT2D eigenvalue weighted by Crippen LogP contribution is -2.49. The molecule has 4 heteroatoms. The molecule has 1 saturated carbocycles. The van der Waals surface area contributed by atoms with Crippen LogP contribution in [0.1, 0.15) is 37.3 Å². The smallest absolute Gasteiger partial charge is 0.141 e. The topological polar surface area (TPSA) is 23.5 Å². The standard InChI is InChI=1S/C23H27ClFNO/c1-16-8-7-11-22(26(2)3)23(27,18-12-13-21(25)20(24)15-18)19(16)14-17-9-5-4-6-10-17/h4-6,9-10,12-16,22,27H,7-8,11H2,1-3H3. The predicted octanol–water partition coefficient (Wildman–Crippen LogP) is 5.50. The molecule has 0 bridgehead atoms. The molecule has 2 aromatic rings. The molecule has 0 amide bonds. The quantitative estimate of drug-likeness (QED) is 0.703. The van der Waals surface area contributed by atoms with Crippen LogP contribution in [0.4, 0.5) is 4.39 Å². The van der Waals surface area contributed by atoms with Crippen molar-refractivity contribution in [2.24, 2.45) is 5.92 Å². The van der Waals surface area contributed by atoms with Crippen LogP contribution in [-0.2, 0) is 5.60 Å². The van der Waals surface area contributed by atoms with E-state index in [2.05, 4.69) is 17.9 Å². The third kappa shape index (κ3) is 3.96. The van der Waals surface area contributed by atoms with Gasteiger partial charge in [0.25, 0.3) is 0 Å². The summed E-state index contributed by atoms with van der Waals surface area (Å²) in [6.45, 7) is 2.16. The first-order valence-corrected chi connectivity index (χ1v) is 9.83. The highest BCUT2D eigenvalue weighted by Gasteiger charge is 2.46. The van der Waals surface area contributed by atoms with Crippen molar-refractivity contribution in [3.63, 3.8) is 0 Å². The second-order valence-corrected chi connectivity index (χ2v) is 8.12. The molecule has 2 nitrogen and oxygen atoms in total. The van der Waals surface area contributed by atoms with Gasteiger partial charge in [0.05, 0.1) is 5.02 Å². The highest BCUT2D eigenvalue weighted by molar-refractivity contribution is 6.30. The normalized spacial score (nSPS) is 27.7. The fraction of sp³-hybridized carbons (Fsp3) is 0.391. The third-order valence-corrected chi connectivity index (χ3v) is 5.96. The van der Waals surface area contributed by atoms with Gasteiger partial charge in [-0.15, -0.1) is 0 Å². The first-order valence-electron chi connectivity index (χ1n) is 9.45. The number of benzene rings is 2. The molecule has 0 aromatic heterocycles. The number of nitrogens with zero attached hydrogens (tertiary/aromatic N) is 1. The largest absolute Gasteiger partial charge is 0.379 e. The molecule has 1 N–H and O–H groups in total. The molecule has 0 radical (unpaired) electrons. The Morgan fingerprint density at radius 3 is 2.48 bits per heavy atom. The van der Waals surface area contributed by atoms with Gasteiger partial charge in [0.15, 0.2) is 0 Å². The maximum Gasteiger partial charge on any atom is 0.141 e. The van der Waals surface area contributed by atoms with Crippen LogP contribution in [0.2, 0.25) is 5.02 Å². The molecular formula is C23H27ClFNO. The second-order valence-electron chi connectivity index (χ2n) is 7.72. The Morgan fingerprint density at radius 2 is 1.85 bits per heavy atom. The molecule has 3 rings (SSSR count). The lowest BCUT2D eigenvalue weighted by molar-refractivity contribution is -0.0104. The van der Waals surface area contributed by atoms with Gasteiger partial charge >= 0.3 is 0 Å². The van der Waals surface area contributed by atoms with Crippen molar-refractivity contribution >= 4 is 17.7 Å². The summed E-state index contributed by atoms with van der Waals surface area (Å²) >= 11 is 6.09. The fourth-order valence-electron chi connectivity index (χ4n) is 4.26. The first-order chi connectivity index (χ1) is 12.8. The van der Waals surface area contributed by atoms with Crippen LogP contribution in [0.15, 0.2) is 54.1 Å². The first kappa shape index (κ1) is 20.1. The summed E-state index contributed by atoms with van der Waals surface area (Å²) in [5.41, 5.74) is 1.40.